The molecule has 0 aliphatic carbocycles. The summed E-state index contributed by atoms with van der Waals surface area (Å²) >= 11 is 0. The van der Waals surface area contributed by atoms with Gasteiger partial charge in [0.2, 0.25) is 0 Å². The molecule has 19 heavy (non-hydrogen) atoms. The van der Waals surface area contributed by atoms with Crippen molar-refractivity contribution < 1.29 is 0 Å². The van der Waals surface area contributed by atoms with Gasteiger partial charge in [-0.3, -0.25) is 0 Å². The molecule has 1 fully saturated rings. The predicted octanol–water partition coefficient (Wildman–Crippen LogP) is 1.85. The second-order valence-corrected chi connectivity index (χ2v) is 4.93. The lowest BCUT2D eigenvalue weighted by molar-refractivity contribution is 0.647. The first-order valence-corrected chi connectivity index (χ1v) is 6.72. The fourth-order valence-electron chi connectivity index (χ4n) is 2.47. The smallest absolute Gasteiger partial charge is 0.127 e. The highest BCUT2D eigenvalue weighted by molar-refractivity contribution is 5.39. The van der Waals surface area contributed by atoms with Crippen molar-refractivity contribution in [3.63, 3.8) is 0 Å². The molecule has 0 amide bonds. The molecule has 0 saturated carbocycles. The van der Waals surface area contributed by atoms with Crippen LogP contribution in [-0.4, -0.2) is 21.1 Å². The Morgan fingerprint density at radius 2 is 2.37 bits per heavy atom. The monoisotopic (exact) mass is 257 g/mol. The van der Waals surface area contributed by atoms with Crippen LogP contribution in [0.5, 0.6) is 0 Å². The number of nitrogens with one attached hydrogen (secondary N) is 2. The van der Waals surface area contributed by atoms with E-state index >= 15 is 0 Å². The van der Waals surface area contributed by atoms with E-state index < -0.39 is 0 Å². The Labute approximate surface area is 113 Å². The molecule has 5 nitrogen and oxygen atoms in total. The fraction of sp³-hybridized carbons (Fsp3) is 0.429. The maximum atomic E-state index is 4.36. The van der Waals surface area contributed by atoms with E-state index in [0.717, 1.165) is 18.2 Å². The highest BCUT2D eigenvalue weighted by atomic mass is 15.1. The van der Waals surface area contributed by atoms with E-state index in [1.54, 1.807) is 0 Å². The number of aryl methyl sites for hydroxylation is 1. The average molecular weight is 257 g/mol. The summed E-state index contributed by atoms with van der Waals surface area (Å²) in [5.74, 6) is 1.92. The molecule has 2 N–H and O–H groups in total. The SMILES string of the molecule is Cn1ccnc1CNc1cc([C@@H]2CCCN2)ccn1. The number of aromatic nitrogens is 3. The molecule has 5 heteroatoms. The number of hydrogen-bond donors (Lipinski definition) is 2. The van der Waals surface area contributed by atoms with Crippen LogP contribution in [0, 0.1) is 0 Å². The van der Waals surface area contributed by atoms with E-state index in [-0.39, 0.29) is 0 Å². The Kier molecular flexibility index (Phi) is 3.46. The Balaban J connectivity index is 1.67. The first-order valence-electron chi connectivity index (χ1n) is 6.72. The molecule has 0 radical (unpaired) electrons. The lowest BCUT2D eigenvalue weighted by Gasteiger charge is -2.12. The summed E-state index contributed by atoms with van der Waals surface area (Å²) < 4.78 is 2.01. The van der Waals surface area contributed by atoms with Gasteiger partial charge in [0.1, 0.15) is 11.6 Å². The molecule has 0 unspecified atom stereocenters. The van der Waals surface area contributed by atoms with E-state index in [9.17, 15) is 0 Å². The molecular weight excluding hydrogens is 238 g/mol. The molecule has 1 atom stereocenters. The number of nitrogens with zero attached hydrogens (tertiary/aromatic N) is 3. The van der Waals surface area contributed by atoms with E-state index in [4.69, 9.17) is 0 Å². The van der Waals surface area contributed by atoms with Gasteiger partial charge in [-0.25, -0.2) is 9.97 Å². The van der Waals surface area contributed by atoms with Gasteiger partial charge in [-0.1, -0.05) is 0 Å². The molecular formula is C14H19N5. The second-order valence-electron chi connectivity index (χ2n) is 4.93. The molecule has 0 spiro atoms. The summed E-state index contributed by atoms with van der Waals surface area (Å²) in [6, 6.07) is 4.71. The average Bonchev–Trinajstić information content (AvgIpc) is 3.08. The number of imidazole rings is 1. The largest absolute Gasteiger partial charge is 0.363 e. The van der Waals surface area contributed by atoms with Crippen molar-refractivity contribution in [2.24, 2.45) is 7.05 Å². The van der Waals surface area contributed by atoms with E-state index in [1.165, 1.54) is 18.4 Å². The number of rotatable bonds is 4. The van der Waals surface area contributed by atoms with Gasteiger partial charge in [-0.05, 0) is 37.1 Å². The molecule has 100 valence electrons. The van der Waals surface area contributed by atoms with Crippen LogP contribution in [0.1, 0.15) is 30.3 Å². The summed E-state index contributed by atoms with van der Waals surface area (Å²) in [6.45, 7) is 1.81. The molecule has 1 aliphatic heterocycles. The zero-order valence-corrected chi connectivity index (χ0v) is 11.1. The molecule has 3 heterocycles. The Bertz CT molecular complexity index is 542. The van der Waals surface area contributed by atoms with Crippen LogP contribution in [0.2, 0.25) is 0 Å². The molecule has 2 aromatic rings. The van der Waals surface area contributed by atoms with Crippen LogP contribution in [0.3, 0.4) is 0 Å². The third-order valence-electron chi connectivity index (χ3n) is 3.60. The van der Waals surface area contributed by atoms with Crippen LogP contribution in [0.15, 0.2) is 30.7 Å². The quantitative estimate of drug-likeness (QED) is 0.877. The van der Waals surface area contributed by atoms with E-state index in [2.05, 4.69) is 32.7 Å². The maximum Gasteiger partial charge on any atom is 0.127 e. The Morgan fingerprint density at radius 3 is 3.11 bits per heavy atom. The fourth-order valence-corrected chi connectivity index (χ4v) is 2.47. The van der Waals surface area contributed by atoms with Gasteiger partial charge in [0.05, 0.1) is 6.54 Å². The third-order valence-corrected chi connectivity index (χ3v) is 3.60. The van der Waals surface area contributed by atoms with Gasteiger partial charge in [-0.15, -0.1) is 0 Å². The van der Waals surface area contributed by atoms with Crippen molar-refractivity contribution in [3.8, 4) is 0 Å². The minimum absolute atomic E-state index is 0.483. The summed E-state index contributed by atoms with van der Waals surface area (Å²) in [6.07, 6.45) is 8.09. The van der Waals surface area contributed by atoms with Crippen LogP contribution < -0.4 is 10.6 Å². The van der Waals surface area contributed by atoms with Crippen LogP contribution >= 0.6 is 0 Å². The van der Waals surface area contributed by atoms with Gasteiger partial charge in [0.15, 0.2) is 0 Å². The van der Waals surface area contributed by atoms with E-state index in [1.807, 2.05) is 30.2 Å². The van der Waals surface area contributed by atoms with Gasteiger partial charge in [0.25, 0.3) is 0 Å². The van der Waals surface area contributed by atoms with Crippen molar-refractivity contribution in [2.45, 2.75) is 25.4 Å². The minimum Gasteiger partial charge on any atom is -0.363 e. The first-order chi connectivity index (χ1) is 9.33. The van der Waals surface area contributed by atoms with Crippen LogP contribution in [0.25, 0.3) is 0 Å². The molecule has 0 bridgehead atoms. The standard InChI is InChI=1S/C14H19N5/c1-19-8-7-17-14(19)10-18-13-9-11(4-6-16-13)12-3-2-5-15-12/h4,6-9,12,15H,2-3,5,10H2,1H3,(H,16,18)/t12-/m0/s1. The van der Waals surface area contributed by atoms with Crippen LogP contribution in [0.4, 0.5) is 5.82 Å². The summed E-state index contributed by atoms with van der Waals surface area (Å²) in [5.41, 5.74) is 1.31. The molecule has 1 aliphatic rings. The molecule has 0 aromatic carbocycles. The Morgan fingerprint density at radius 1 is 1.42 bits per heavy atom. The second kappa shape index (κ2) is 5.40. The van der Waals surface area contributed by atoms with Crippen molar-refractivity contribution in [2.75, 3.05) is 11.9 Å². The molecule has 1 saturated heterocycles. The molecule has 3 rings (SSSR count). The number of pyridine rings is 1. The first kappa shape index (κ1) is 12.2. The van der Waals surface area contributed by atoms with Crippen LogP contribution in [-0.2, 0) is 13.6 Å². The summed E-state index contributed by atoms with van der Waals surface area (Å²) in [7, 11) is 2.00. The number of hydrogen-bond acceptors (Lipinski definition) is 4. The lowest BCUT2D eigenvalue weighted by Crippen LogP contribution is -2.13. The normalized spacial score (nSPS) is 18.7. The van der Waals surface area contributed by atoms with Crippen molar-refractivity contribution in [1.29, 1.82) is 0 Å². The highest BCUT2D eigenvalue weighted by Crippen LogP contribution is 2.24. The van der Waals surface area contributed by atoms with Gasteiger partial charge in [-0.2, -0.15) is 0 Å². The highest BCUT2D eigenvalue weighted by Gasteiger charge is 2.16. The minimum atomic E-state index is 0.483. The lowest BCUT2D eigenvalue weighted by atomic mass is 10.1. The van der Waals surface area contributed by atoms with Gasteiger partial charge >= 0.3 is 0 Å². The zero-order chi connectivity index (χ0) is 13.1. The van der Waals surface area contributed by atoms with Crippen molar-refractivity contribution in [3.05, 3.63) is 42.1 Å². The van der Waals surface area contributed by atoms with Gasteiger partial charge in [0, 0.05) is 31.7 Å². The van der Waals surface area contributed by atoms with Crippen molar-refractivity contribution in [1.82, 2.24) is 19.9 Å². The third kappa shape index (κ3) is 2.76. The molecule has 2 aromatic heterocycles. The van der Waals surface area contributed by atoms with E-state index in [0.29, 0.717) is 12.6 Å². The summed E-state index contributed by atoms with van der Waals surface area (Å²) in [5, 5.41) is 6.84. The van der Waals surface area contributed by atoms with Crippen molar-refractivity contribution >= 4 is 5.82 Å². The number of anilines is 1. The van der Waals surface area contributed by atoms with Gasteiger partial charge < -0.3 is 15.2 Å². The summed E-state index contributed by atoms with van der Waals surface area (Å²) in [4.78, 5) is 8.66. The predicted molar refractivity (Wildman–Crippen MR) is 74.7 cm³/mol. The maximum absolute atomic E-state index is 4.36. The topological polar surface area (TPSA) is 54.8 Å². The zero-order valence-electron chi connectivity index (χ0n) is 11.1. The Hall–Kier alpha value is -1.88.